The molecule has 36 heavy (non-hydrogen) atoms. The highest BCUT2D eigenvalue weighted by Gasteiger charge is 2.34. The van der Waals surface area contributed by atoms with Gasteiger partial charge in [-0.05, 0) is 80.1 Å². The van der Waals surface area contributed by atoms with Crippen LogP contribution >= 0.6 is 11.6 Å². The van der Waals surface area contributed by atoms with Gasteiger partial charge >= 0.3 is 6.18 Å². The van der Waals surface area contributed by atoms with E-state index in [-0.39, 0.29) is 23.3 Å². The number of rotatable bonds is 4. The molecule has 1 aliphatic heterocycles. The number of hydrogen-bond acceptors (Lipinski definition) is 4. The van der Waals surface area contributed by atoms with E-state index in [0.717, 1.165) is 17.3 Å². The number of benzene rings is 2. The van der Waals surface area contributed by atoms with Gasteiger partial charge in [0.05, 0.1) is 5.52 Å². The highest BCUT2D eigenvalue weighted by atomic mass is 35.5. The van der Waals surface area contributed by atoms with Crippen LogP contribution in [0.2, 0.25) is 5.02 Å². The summed E-state index contributed by atoms with van der Waals surface area (Å²) in [6.07, 6.45) is -0.753. The minimum atomic E-state index is -4.58. The minimum Gasteiger partial charge on any atom is -0.480 e. The number of carbonyl (C=O) groups excluding carboxylic acids is 1. The summed E-state index contributed by atoms with van der Waals surface area (Å²) in [6.45, 7) is 0. The Bertz CT molecular complexity index is 1360. The molecule has 2 atom stereocenters. The maximum atomic E-state index is 13.4. The van der Waals surface area contributed by atoms with Gasteiger partial charge in [0.1, 0.15) is 17.3 Å². The van der Waals surface area contributed by atoms with Crippen molar-refractivity contribution in [1.82, 2.24) is 10.3 Å². The van der Waals surface area contributed by atoms with E-state index in [9.17, 15) is 22.4 Å². The third-order valence-electron chi connectivity index (χ3n) is 6.38. The van der Waals surface area contributed by atoms with E-state index in [1.807, 2.05) is 6.08 Å². The van der Waals surface area contributed by atoms with E-state index >= 15 is 0 Å². The second-order valence-corrected chi connectivity index (χ2v) is 9.38. The Balaban J connectivity index is 1.25. The molecule has 5 nitrogen and oxygen atoms in total. The first-order chi connectivity index (χ1) is 17.2. The molecule has 2 heterocycles. The monoisotopic (exact) mass is 519 g/mol. The summed E-state index contributed by atoms with van der Waals surface area (Å²) >= 11 is 6.08. The molecule has 1 aromatic heterocycles. The lowest BCUT2D eigenvalue weighted by molar-refractivity contribution is -0.140. The number of nitrogens with one attached hydrogen (secondary N) is 2. The van der Waals surface area contributed by atoms with E-state index in [1.54, 1.807) is 6.07 Å². The number of anilines is 1. The Kier molecular flexibility index (Phi) is 6.51. The number of pyridine rings is 1. The summed E-state index contributed by atoms with van der Waals surface area (Å²) in [5.74, 6) is -0.104. The van der Waals surface area contributed by atoms with Crippen molar-refractivity contribution in [2.75, 3.05) is 5.32 Å². The second kappa shape index (κ2) is 9.61. The van der Waals surface area contributed by atoms with Gasteiger partial charge in [0, 0.05) is 27.8 Å². The maximum absolute atomic E-state index is 13.4. The molecule has 2 aliphatic rings. The molecule has 0 radical (unpaired) electrons. The van der Waals surface area contributed by atoms with Gasteiger partial charge in [-0.15, -0.1) is 0 Å². The van der Waals surface area contributed by atoms with Gasteiger partial charge in [0.15, 0.2) is 6.10 Å². The topological polar surface area (TPSA) is 63.2 Å². The zero-order chi connectivity index (χ0) is 25.4. The van der Waals surface area contributed by atoms with Crippen molar-refractivity contribution in [3.8, 4) is 5.75 Å². The van der Waals surface area contributed by atoms with Crippen LogP contribution in [0.3, 0.4) is 0 Å². The summed E-state index contributed by atoms with van der Waals surface area (Å²) < 4.78 is 59.3. The Morgan fingerprint density at radius 3 is 2.67 bits per heavy atom. The van der Waals surface area contributed by atoms with Gasteiger partial charge in [-0.1, -0.05) is 17.7 Å². The number of alkyl halides is 3. The lowest BCUT2D eigenvalue weighted by Gasteiger charge is -2.28. The third-order valence-corrected chi connectivity index (χ3v) is 6.61. The van der Waals surface area contributed by atoms with Crippen molar-refractivity contribution >= 4 is 34.1 Å². The van der Waals surface area contributed by atoms with Gasteiger partial charge in [-0.25, -0.2) is 9.37 Å². The Hall–Kier alpha value is -3.33. The van der Waals surface area contributed by atoms with Gasteiger partial charge in [-0.2, -0.15) is 13.2 Å². The Morgan fingerprint density at radius 2 is 1.92 bits per heavy atom. The minimum absolute atomic E-state index is 0.135. The summed E-state index contributed by atoms with van der Waals surface area (Å²) in [4.78, 5) is 16.5. The number of allylic oxidation sites excluding steroid dienone is 1. The number of carbonyl (C=O) groups is 1. The molecule has 5 rings (SSSR count). The molecule has 0 spiro atoms. The zero-order valence-electron chi connectivity index (χ0n) is 19.0. The molecular weight excluding hydrogens is 498 g/mol. The van der Waals surface area contributed by atoms with Gasteiger partial charge < -0.3 is 15.4 Å². The Labute approximate surface area is 209 Å². The standard InChI is InChI=1S/C26H22ClF4N3O2/c27-15-2-8-20-19(12-15)21(13-24(34-20)26(29,30)31)32-17-4-6-18(7-5-17)33-25(35)23-9-1-14-11-16(28)3-10-22(14)36-23/h2-3,6,8,10-13,17,23H,1,4-5,7,9H2,(H,32,34)(H,33,35)/t17-,23?/m0/s1. The highest BCUT2D eigenvalue weighted by Crippen LogP contribution is 2.35. The molecule has 0 saturated heterocycles. The molecule has 10 heteroatoms. The number of amides is 1. The molecule has 188 valence electrons. The van der Waals surface area contributed by atoms with Crippen molar-refractivity contribution < 1.29 is 27.1 Å². The molecule has 1 unspecified atom stereocenters. The van der Waals surface area contributed by atoms with Crippen LogP contribution in [0.4, 0.5) is 23.2 Å². The number of fused-ring (bicyclic) bond motifs is 2. The predicted molar refractivity (Wildman–Crippen MR) is 128 cm³/mol. The molecule has 0 fully saturated rings. The largest absolute Gasteiger partial charge is 0.480 e. The lowest BCUT2D eigenvalue weighted by atomic mass is 9.97. The SMILES string of the molecule is O=C(NC1=CC[C@H](Nc2cc(C(F)(F)F)nc3ccc(Cl)cc23)CC1)C1CCc2cc(F)ccc2O1. The van der Waals surface area contributed by atoms with Crippen molar-refractivity contribution in [3.63, 3.8) is 0 Å². The van der Waals surface area contributed by atoms with Crippen LogP contribution in [0.5, 0.6) is 5.75 Å². The average molecular weight is 520 g/mol. The summed E-state index contributed by atoms with van der Waals surface area (Å²) in [5.41, 5.74) is 1.02. The maximum Gasteiger partial charge on any atom is 0.433 e. The van der Waals surface area contributed by atoms with E-state index < -0.39 is 18.0 Å². The van der Waals surface area contributed by atoms with Crippen molar-refractivity contribution in [2.24, 2.45) is 0 Å². The van der Waals surface area contributed by atoms with Crippen LogP contribution in [0.25, 0.3) is 10.9 Å². The van der Waals surface area contributed by atoms with Crippen LogP contribution < -0.4 is 15.4 Å². The fraction of sp³-hybridized carbons (Fsp3) is 0.308. The smallest absolute Gasteiger partial charge is 0.433 e. The van der Waals surface area contributed by atoms with Crippen LogP contribution in [-0.2, 0) is 17.4 Å². The Morgan fingerprint density at radius 1 is 1.08 bits per heavy atom. The predicted octanol–water partition coefficient (Wildman–Crippen LogP) is 6.40. The lowest BCUT2D eigenvalue weighted by Crippen LogP contribution is -2.40. The molecule has 1 amide bonds. The summed E-state index contributed by atoms with van der Waals surface area (Å²) in [6, 6.07) is 9.67. The number of hydrogen-bond donors (Lipinski definition) is 2. The van der Waals surface area contributed by atoms with Crippen molar-refractivity contribution in [3.05, 3.63) is 76.3 Å². The van der Waals surface area contributed by atoms with E-state index in [0.29, 0.717) is 53.9 Å². The van der Waals surface area contributed by atoms with Gasteiger partial charge in [0.25, 0.3) is 5.91 Å². The molecule has 1 aliphatic carbocycles. The number of nitrogens with zero attached hydrogens (tertiary/aromatic N) is 1. The third kappa shape index (κ3) is 5.26. The van der Waals surface area contributed by atoms with Gasteiger partial charge in [-0.3, -0.25) is 4.79 Å². The average Bonchev–Trinajstić information content (AvgIpc) is 2.84. The van der Waals surface area contributed by atoms with E-state index in [4.69, 9.17) is 16.3 Å². The first-order valence-electron chi connectivity index (χ1n) is 11.5. The van der Waals surface area contributed by atoms with E-state index in [1.165, 1.54) is 30.3 Å². The normalized spacial score (nSPS) is 19.8. The number of ether oxygens (including phenoxy) is 1. The summed E-state index contributed by atoms with van der Waals surface area (Å²) in [5, 5.41) is 7.01. The van der Waals surface area contributed by atoms with Crippen LogP contribution in [0, 0.1) is 5.82 Å². The molecule has 0 bridgehead atoms. The number of aromatic nitrogens is 1. The first kappa shape index (κ1) is 24.4. The number of halogens is 5. The van der Waals surface area contributed by atoms with Crippen LogP contribution in [0.15, 0.2) is 54.2 Å². The molecule has 0 saturated carbocycles. The summed E-state index contributed by atoms with van der Waals surface area (Å²) in [7, 11) is 0. The van der Waals surface area contributed by atoms with Gasteiger partial charge in [0.2, 0.25) is 0 Å². The van der Waals surface area contributed by atoms with E-state index in [2.05, 4.69) is 15.6 Å². The van der Waals surface area contributed by atoms with Crippen LogP contribution in [-0.4, -0.2) is 23.0 Å². The molecule has 3 aromatic rings. The molecule has 2 N–H and O–H groups in total. The fourth-order valence-corrected chi connectivity index (χ4v) is 4.71. The molecule has 2 aromatic carbocycles. The van der Waals surface area contributed by atoms with Crippen molar-refractivity contribution in [2.45, 2.75) is 50.4 Å². The zero-order valence-corrected chi connectivity index (χ0v) is 19.7. The quantitative estimate of drug-likeness (QED) is 0.391. The second-order valence-electron chi connectivity index (χ2n) is 8.95. The van der Waals surface area contributed by atoms with Crippen LogP contribution in [0.1, 0.15) is 36.9 Å². The molecular formula is C26H22ClF4N3O2. The van der Waals surface area contributed by atoms with Crippen molar-refractivity contribution in [1.29, 1.82) is 0 Å². The number of aryl methyl sites for hydroxylation is 1. The first-order valence-corrected chi connectivity index (χ1v) is 11.9. The highest BCUT2D eigenvalue weighted by molar-refractivity contribution is 6.31. The fourth-order valence-electron chi connectivity index (χ4n) is 4.54.